The normalized spacial score (nSPS) is 28.4. The minimum atomic E-state index is -0.407. The first-order valence-electron chi connectivity index (χ1n) is 11.2. The molecule has 30 heavy (non-hydrogen) atoms. The molecule has 0 amide bonds. The van der Waals surface area contributed by atoms with Crippen LogP contribution in [0.2, 0.25) is 0 Å². The summed E-state index contributed by atoms with van der Waals surface area (Å²) in [4.78, 5) is 20.2. The van der Waals surface area contributed by atoms with Crippen molar-refractivity contribution in [1.29, 1.82) is 0 Å². The van der Waals surface area contributed by atoms with E-state index in [-0.39, 0.29) is 23.4 Å². The minimum Gasteiger partial charge on any atom is -0.466 e. The molecule has 2 fully saturated rings. The van der Waals surface area contributed by atoms with Crippen LogP contribution in [0.25, 0.3) is 11.0 Å². The molecule has 2 aliphatic rings. The number of aromatic nitrogens is 2. The zero-order valence-electron chi connectivity index (χ0n) is 17.8. The monoisotopic (exact) mass is 417 g/mol. The SMILES string of the molecule is CCOC(=O)[C@H]1CCOC[C@@H]1c1ccc2[nH]c([C@@H](N)C3CCC(C)CC3)nc2c1F. The number of H-pyrrole nitrogens is 1. The van der Waals surface area contributed by atoms with Crippen LogP contribution in [-0.2, 0) is 14.3 Å². The van der Waals surface area contributed by atoms with E-state index >= 15 is 4.39 Å². The van der Waals surface area contributed by atoms with Crippen LogP contribution in [0, 0.1) is 23.6 Å². The maximum Gasteiger partial charge on any atom is 0.309 e. The van der Waals surface area contributed by atoms with Crippen LogP contribution >= 0.6 is 0 Å². The summed E-state index contributed by atoms with van der Waals surface area (Å²) in [5, 5.41) is 0. The highest BCUT2D eigenvalue weighted by atomic mass is 19.1. The van der Waals surface area contributed by atoms with Gasteiger partial charge in [-0.15, -0.1) is 0 Å². The maximum absolute atomic E-state index is 15.5. The van der Waals surface area contributed by atoms with E-state index in [2.05, 4.69) is 16.9 Å². The molecule has 3 atom stereocenters. The summed E-state index contributed by atoms with van der Waals surface area (Å²) >= 11 is 0. The van der Waals surface area contributed by atoms with Gasteiger partial charge in [0.05, 0.1) is 30.7 Å². The van der Waals surface area contributed by atoms with Crippen LogP contribution < -0.4 is 5.73 Å². The van der Waals surface area contributed by atoms with Crippen LogP contribution in [0.5, 0.6) is 0 Å². The lowest BCUT2D eigenvalue weighted by molar-refractivity contribution is -0.152. The summed E-state index contributed by atoms with van der Waals surface area (Å²) in [6.45, 7) is 5.14. The molecule has 1 saturated heterocycles. The molecular weight excluding hydrogens is 385 g/mol. The number of nitrogens with one attached hydrogen (secondary N) is 1. The highest BCUT2D eigenvalue weighted by Gasteiger charge is 2.36. The molecule has 4 rings (SSSR count). The van der Waals surface area contributed by atoms with E-state index in [1.54, 1.807) is 13.0 Å². The Balaban J connectivity index is 1.61. The van der Waals surface area contributed by atoms with Gasteiger partial charge in [-0.25, -0.2) is 9.37 Å². The Kier molecular flexibility index (Phi) is 6.39. The Morgan fingerprint density at radius 3 is 2.83 bits per heavy atom. The van der Waals surface area contributed by atoms with Gasteiger partial charge < -0.3 is 20.2 Å². The third kappa shape index (κ3) is 4.10. The number of fused-ring (bicyclic) bond motifs is 1. The van der Waals surface area contributed by atoms with Gasteiger partial charge in [0.2, 0.25) is 0 Å². The molecule has 2 heterocycles. The largest absolute Gasteiger partial charge is 0.466 e. The number of hydrogen-bond acceptors (Lipinski definition) is 5. The molecule has 0 unspecified atom stereocenters. The molecule has 2 aromatic rings. The van der Waals surface area contributed by atoms with E-state index in [4.69, 9.17) is 15.2 Å². The number of halogens is 1. The third-order valence-electron chi connectivity index (χ3n) is 6.87. The van der Waals surface area contributed by atoms with Crippen LogP contribution in [-0.4, -0.2) is 35.8 Å². The van der Waals surface area contributed by atoms with Crippen LogP contribution in [0.3, 0.4) is 0 Å². The van der Waals surface area contributed by atoms with E-state index in [0.717, 1.165) is 18.8 Å². The van der Waals surface area contributed by atoms with Crippen molar-refractivity contribution in [2.24, 2.45) is 23.5 Å². The first-order chi connectivity index (χ1) is 14.5. The lowest BCUT2D eigenvalue weighted by Crippen LogP contribution is -2.33. The predicted molar refractivity (Wildman–Crippen MR) is 112 cm³/mol. The van der Waals surface area contributed by atoms with Crippen molar-refractivity contribution in [3.05, 3.63) is 29.3 Å². The number of aromatic amines is 1. The van der Waals surface area contributed by atoms with Crippen LogP contribution in [0.4, 0.5) is 4.39 Å². The smallest absolute Gasteiger partial charge is 0.309 e. The molecule has 0 radical (unpaired) electrons. The zero-order chi connectivity index (χ0) is 21.3. The van der Waals surface area contributed by atoms with E-state index in [9.17, 15) is 4.79 Å². The Labute approximate surface area is 176 Å². The van der Waals surface area contributed by atoms with Gasteiger partial charge in [-0.1, -0.05) is 25.8 Å². The van der Waals surface area contributed by atoms with E-state index < -0.39 is 11.7 Å². The summed E-state index contributed by atoms with van der Waals surface area (Å²) in [5.41, 5.74) is 7.89. The van der Waals surface area contributed by atoms with Crippen molar-refractivity contribution in [3.63, 3.8) is 0 Å². The minimum absolute atomic E-state index is 0.224. The summed E-state index contributed by atoms with van der Waals surface area (Å²) in [6, 6.07) is 3.34. The fourth-order valence-electron chi connectivity index (χ4n) is 4.97. The van der Waals surface area contributed by atoms with Crippen molar-refractivity contribution in [3.8, 4) is 0 Å². The highest BCUT2D eigenvalue weighted by molar-refractivity contribution is 5.78. The standard InChI is InChI=1S/C23H32FN3O3/c1-3-30-23(28)16-10-11-29-12-17(16)15-8-9-18-21(19(15)24)27-22(26-18)20(25)14-6-4-13(2)5-7-14/h8-9,13-14,16-17,20H,3-7,10-12,25H2,1-2H3,(H,26,27)/t13?,14?,16-,17+,20-/m0/s1. The van der Waals surface area contributed by atoms with Crippen LogP contribution in [0.15, 0.2) is 12.1 Å². The fourth-order valence-corrected chi connectivity index (χ4v) is 4.97. The van der Waals surface area contributed by atoms with E-state index in [0.29, 0.717) is 49.1 Å². The average molecular weight is 418 g/mol. The molecule has 1 aromatic carbocycles. The Morgan fingerprint density at radius 2 is 2.10 bits per heavy atom. The number of nitrogens with two attached hydrogens (primary N) is 1. The van der Waals surface area contributed by atoms with Crippen molar-refractivity contribution in [2.45, 2.75) is 57.9 Å². The molecule has 7 heteroatoms. The van der Waals surface area contributed by atoms with Gasteiger partial charge in [-0.05, 0) is 49.7 Å². The number of imidazole rings is 1. The quantitative estimate of drug-likeness (QED) is 0.711. The maximum atomic E-state index is 15.5. The molecule has 6 nitrogen and oxygen atoms in total. The third-order valence-corrected chi connectivity index (χ3v) is 6.87. The molecule has 1 aliphatic heterocycles. The van der Waals surface area contributed by atoms with Gasteiger partial charge in [0.1, 0.15) is 11.3 Å². The number of ether oxygens (including phenoxy) is 2. The number of esters is 1. The molecule has 0 bridgehead atoms. The molecule has 1 saturated carbocycles. The topological polar surface area (TPSA) is 90.2 Å². The number of nitrogens with zero attached hydrogens (tertiary/aromatic N) is 1. The number of carbonyl (C=O) groups excluding carboxylic acids is 1. The van der Waals surface area contributed by atoms with Gasteiger partial charge in [0.15, 0.2) is 5.82 Å². The Bertz CT molecular complexity index is 891. The van der Waals surface area contributed by atoms with E-state index in [1.807, 2.05) is 6.07 Å². The van der Waals surface area contributed by atoms with Crippen molar-refractivity contribution < 1.29 is 18.7 Å². The molecule has 3 N–H and O–H groups in total. The van der Waals surface area contributed by atoms with Gasteiger partial charge in [-0.2, -0.15) is 0 Å². The second kappa shape index (κ2) is 9.02. The number of carbonyl (C=O) groups is 1. The molecule has 1 aromatic heterocycles. The van der Waals surface area contributed by atoms with Crippen molar-refractivity contribution in [2.75, 3.05) is 19.8 Å². The Morgan fingerprint density at radius 1 is 1.33 bits per heavy atom. The van der Waals surface area contributed by atoms with Crippen molar-refractivity contribution in [1.82, 2.24) is 9.97 Å². The lowest BCUT2D eigenvalue weighted by atomic mass is 9.79. The second-order valence-electron chi connectivity index (χ2n) is 8.86. The number of benzene rings is 1. The van der Waals surface area contributed by atoms with Gasteiger partial charge >= 0.3 is 5.97 Å². The van der Waals surface area contributed by atoms with Crippen LogP contribution in [0.1, 0.15) is 69.3 Å². The second-order valence-corrected chi connectivity index (χ2v) is 8.86. The summed E-state index contributed by atoms with van der Waals surface area (Å²) < 4.78 is 26.3. The summed E-state index contributed by atoms with van der Waals surface area (Å²) in [7, 11) is 0. The van der Waals surface area contributed by atoms with Gasteiger partial charge in [0, 0.05) is 12.5 Å². The molecule has 164 valence electrons. The number of rotatable bonds is 5. The zero-order valence-corrected chi connectivity index (χ0v) is 17.8. The van der Waals surface area contributed by atoms with Gasteiger partial charge in [-0.3, -0.25) is 4.79 Å². The lowest BCUT2D eigenvalue weighted by Gasteiger charge is -2.30. The molecular formula is C23H32FN3O3. The first kappa shape index (κ1) is 21.2. The first-order valence-corrected chi connectivity index (χ1v) is 11.2. The highest BCUT2D eigenvalue weighted by Crippen LogP contribution is 2.38. The molecule has 0 spiro atoms. The average Bonchev–Trinajstić information content (AvgIpc) is 3.20. The molecule has 1 aliphatic carbocycles. The Hall–Kier alpha value is -1.99. The fraction of sp³-hybridized carbons (Fsp3) is 0.652. The number of hydrogen-bond donors (Lipinski definition) is 2. The van der Waals surface area contributed by atoms with Crippen molar-refractivity contribution >= 4 is 17.0 Å². The van der Waals surface area contributed by atoms with Gasteiger partial charge in [0.25, 0.3) is 0 Å². The summed E-state index contributed by atoms with van der Waals surface area (Å²) in [5.74, 6) is 0.276. The van der Waals surface area contributed by atoms with E-state index in [1.165, 1.54) is 12.8 Å². The predicted octanol–water partition coefficient (Wildman–Crippen LogP) is 4.21. The summed E-state index contributed by atoms with van der Waals surface area (Å²) in [6.07, 6.45) is 5.03.